The van der Waals surface area contributed by atoms with Gasteiger partial charge in [0.2, 0.25) is 5.88 Å². The maximum absolute atomic E-state index is 13.6. The molecule has 10 nitrogen and oxygen atoms in total. The summed E-state index contributed by atoms with van der Waals surface area (Å²) in [6.07, 6.45) is 5.78. The molecule has 0 aromatic carbocycles. The van der Waals surface area contributed by atoms with Crippen molar-refractivity contribution in [2.24, 2.45) is 11.8 Å². The van der Waals surface area contributed by atoms with Crippen molar-refractivity contribution in [1.29, 1.82) is 0 Å². The molecule has 1 saturated carbocycles. The van der Waals surface area contributed by atoms with Crippen LogP contribution in [-0.4, -0.2) is 75.9 Å². The van der Waals surface area contributed by atoms with Gasteiger partial charge in [0.15, 0.2) is 5.76 Å². The van der Waals surface area contributed by atoms with Crippen molar-refractivity contribution in [3.05, 3.63) is 34.8 Å². The second kappa shape index (κ2) is 11.9. The Morgan fingerprint density at radius 2 is 2.08 bits per heavy atom. The third kappa shape index (κ3) is 6.10. The van der Waals surface area contributed by atoms with E-state index in [1.54, 1.807) is 38.1 Å². The summed E-state index contributed by atoms with van der Waals surface area (Å²) in [5.74, 6) is 7.20. The number of nitrogens with one attached hydrogen (secondary N) is 1. The lowest BCUT2D eigenvalue weighted by Gasteiger charge is -2.37. The van der Waals surface area contributed by atoms with E-state index < -0.39 is 12.1 Å². The van der Waals surface area contributed by atoms with Gasteiger partial charge < -0.3 is 29.5 Å². The lowest BCUT2D eigenvalue weighted by atomic mass is 10.00. The predicted octanol–water partition coefficient (Wildman–Crippen LogP) is 3.61. The number of aryl methyl sites for hydroxylation is 2. The first-order valence-corrected chi connectivity index (χ1v) is 13.2. The van der Waals surface area contributed by atoms with Crippen molar-refractivity contribution >= 4 is 17.6 Å². The molecule has 0 spiro atoms. The molecule has 2 aromatic heterocycles. The van der Waals surface area contributed by atoms with Gasteiger partial charge in [-0.15, -0.1) is 0 Å². The predicted molar refractivity (Wildman–Crippen MR) is 142 cm³/mol. The van der Waals surface area contributed by atoms with Crippen LogP contribution in [-0.2, 0) is 0 Å². The standard InChI is InChI=1S/C28H37N5O5/c1-17-14-33(18(2)16-34)27(35)23-12-22(11-10-21-8-6-7-9-21)13-29-26(23)37-24(17)15-32(5)28(36)30-25-19(3)31-38-20(25)4/h12-13,17-18,21,24,34H,6-9,14-16H2,1-5H3,(H,30,36)/t17-,18-,24+/m1/s1. The Labute approximate surface area is 223 Å². The number of rotatable bonds is 5. The van der Waals surface area contributed by atoms with E-state index in [9.17, 15) is 14.7 Å². The van der Waals surface area contributed by atoms with Crippen LogP contribution in [0.15, 0.2) is 16.8 Å². The molecule has 2 aliphatic rings. The van der Waals surface area contributed by atoms with Crippen LogP contribution in [0.2, 0.25) is 0 Å². The average molecular weight is 524 g/mol. The Morgan fingerprint density at radius 1 is 1.34 bits per heavy atom. The van der Waals surface area contributed by atoms with Gasteiger partial charge in [0.1, 0.15) is 23.0 Å². The summed E-state index contributed by atoms with van der Waals surface area (Å²) >= 11 is 0. The molecular formula is C28H37N5O5. The number of amides is 3. The minimum absolute atomic E-state index is 0.154. The molecule has 1 aliphatic heterocycles. The maximum Gasteiger partial charge on any atom is 0.321 e. The minimum Gasteiger partial charge on any atom is -0.472 e. The first kappa shape index (κ1) is 27.5. The number of carbonyl (C=O) groups is 2. The number of likely N-dealkylation sites (N-methyl/N-ethyl adjacent to an activating group) is 1. The van der Waals surface area contributed by atoms with Crippen molar-refractivity contribution in [3.8, 4) is 17.7 Å². The zero-order chi connectivity index (χ0) is 27.4. The third-order valence-electron chi connectivity index (χ3n) is 7.36. The zero-order valence-electron chi connectivity index (χ0n) is 22.8. The molecule has 2 aromatic rings. The first-order valence-electron chi connectivity index (χ1n) is 13.2. The molecule has 1 fully saturated rings. The number of hydrogen-bond acceptors (Lipinski definition) is 7. The van der Waals surface area contributed by atoms with Crippen molar-refractivity contribution in [1.82, 2.24) is 19.9 Å². The summed E-state index contributed by atoms with van der Waals surface area (Å²) in [4.78, 5) is 34.2. The fourth-order valence-electron chi connectivity index (χ4n) is 4.86. The van der Waals surface area contributed by atoms with Crippen LogP contribution >= 0.6 is 0 Å². The SMILES string of the molecule is Cc1noc(C)c1NC(=O)N(C)C[C@@H]1Oc2ncc(C#CC3CCCC3)cc2C(=O)N([C@H](C)CO)C[C@H]1C. The van der Waals surface area contributed by atoms with Crippen molar-refractivity contribution in [3.63, 3.8) is 0 Å². The summed E-state index contributed by atoms with van der Waals surface area (Å²) < 4.78 is 11.4. The van der Waals surface area contributed by atoms with E-state index in [1.165, 1.54) is 17.7 Å². The number of hydrogen-bond donors (Lipinski definition) is 2. The number of nitrogens with zero attached hydrogens (tertiary/aromatic N) is 4. The summed E-state index contributed by atoms with van der Waals surface area (Å²) in [5.41, 5.74) is 2.10. The number of pyridine rings is 1. The normalized spacial score (nSPS) is 20.5. The average Bonchev–Trinajstić information content (AvgIpc) is 3.54. The number of ether oxygens (including phenoxy) is 1. The first-order chi connectivity index (χ1) is 18.2. The molecule has 3 heterocycles. The van der Waals surface area contributed by atoms with Crippen LogP contribution in [0.1, 0.15) is 66.9 Å². The Kier molecular flexibility index (Phi) is 8.57. The summed E-state index contributed by atoms with van der Waals surface area (Å²) in [6, 6.07) is 0.995. The summed E-state index contributed by atoms with van der Waals surface area (Å²) in [7, 11) is 1.68. The van der Waals surface area contributed by atoms with E-state index >= 15 is 0 Å². The number of aromatic nitrogens is 2. The highest BCUT2D eigenvalue weighted by atomic mass is 16.5. The van der Waals surface area contributed by atoms with Gasteiger partial charge in [-0.1, -0.05) is 36.8 Å². The molecule has 10 heteroatoms. The molecule has 0 saturated heterocycles. The Morgan fingerprint density at radius 3 is 2.74 bits per heavy atom. The van der Waals surface area contributed by atoms with E-state index in [0.29, 0.717) is 40.7 Å². The third-order valence-corrected chi connectivity index (χ3v) is 7.36. The van der Waals surface area contributed by atoms with E-state index in [0.717, 1.165) is 12.8 Å². The quantitative estimate of drug-likeness (QED) is 0.574. The van der Waals surface area contributed by atoms with Crippen LogP contribution in [0, 0.1) is 37.5 Å². The smallest absolute Gasteiger partial charge is 0.321 e. The summed E-state index contributed by atoms with van der Waals surface area (Å²) in [5, 5.41) is 16.6. The summed E-state index contributed by atoms with van der Waals surface area (Å²) in [6.45, 7) is 7.68. The second-order valence-electron chi connectivity index (χ2n) is 10.5. The van der Waals surface area contributed by atoms with Crippen molar-refractivity contribution in [2.45, 2.75) is 65.5 Å². The molecule has 3 amide bonds. The topological polar surface area (TPSA) is 121 Å². The van der Waals surface area contributed by atoms with Crippen LogP contribution in [0.5, 0.6) is 5.88 Å². The van der Waals surface area contributed by atoms with Crippen LogP contribution in [0.25, 0.3) is 0 Å². The fourth-order valence-corrected chi connectivity index (χ4v) is 4.86. The van der Waals surface area contributed by atoms with Crippen molar-refractivity contribution in [2.75, 3.05) is 32.1 Å². The number of aliphatic hydroxyl groups is 1. The lowest BCUT2D eigenvalue weighted by Crippen LogP contribution is -2.50. The second-order valence-corrected chi connectivity index (χ2v) is 10.5. The molecule has 0 unspecified atom stereocenters. The highest BCUT2D eigenvalue weighted by Gasteiger charge is 2.35. The van der Waals surface area contributed by atoms with Gasteiger partial charge in [0.05, 0.1) is 19.2 Å². The molecule has 1 aliphatic carbocycles. The number of aliphatic hydroxyl groups excluding tert-OH is 1. The highest BCUT2D eigenvalue weighted by molar-refractivity contribution is 5.97. The van der Waals surface area contributed by atoms with Gasteiger partial charge in [-0.3, -0.25) is 4.79 Å². The van der Waals surface area contributed by atoms with Crippen LogP contribution < -0.4 is 10.1 Å². The molecular weight excluding hydrogens is 486 g/mol. The molecule has 3 atom stereocenters. The molecule has 4 rings (SSSR count). The molecule has 0 bridgehead atoms. The van der Waals surface area contributed by atoms with Gasteiger partial charge in [-0.25, -0.2) is 9.78 Å². The van der Waals surface area contributed by atoms with E-state index in [-0.39, 0.29) is 36.9 Å². The Hall–Kier alpha value is -3.58. The zero-order valence-corrected chi connectivity index (χ0v) is 22.8. The van der Waals surface area contributed by atoms with Crippen molar-refractivity contribution < 1.29 is 24.0 Å². The van der Waals surface area contributed by atoms with E-state index in [4.69, 9.17) is 9.26 Å². The molecule has 38 heavy (non-hydrogen) atoms. The number of fused-ring (bicyclic) bond motifs is 1. The monoisotopic (exact) mass is 523 g/mol. The van der Waals surface area contributed by atoms with Crippen LogP contribution in [0.4, 0.5) is 10.5 Å². The van der Waals surface area contributed by atoms with Gasteiger partial charge in [-0.05, 0) is 39.7 Å². The number of urea groups is 1. The maximum atomic E-state index is 13.6. The Bertz CT molecular complexity index is 1210. The highest BCUT2D eigenvalue weighted by Crippen LogP contribution is 2.28. The van der Waals surface area contributed by atoms with Gasteiger partial charge in [0, 0.05) is 37.2 Å². The van der Waals surface area contributed by atoms with E-state index in [2.05, 4.69) is 27.3 Å². The Balaban J connectivity index is 1.59. The van der Waals surface area contributed by atoms with Gasteiger partial charge >= 0.3 is 6.03 Å². The largest absolute Gasteiger partial charge is 0.472 e. The fraction of sp³-hybridized carbons (Fsp3) is 0.571. The minimum atomic E-state index is -0.460. The van der Waals surface area contributed by atoms with Gasteiger partial charge in [-0.2, -0.15) is 0 Å². The van der Waals surface area contributed by atoms with Gasteiger partial charge in [0.25, 0.3) is 5.91 Å². The molecule has 204 valence electrons. The molecule has 2 N–H and O–H groups in total. The number of carbonyl (C=O) groups excluding carboxylic acids is 2. The van der Waals surface area contributed by atoms with Crippen LogP contribution in [0.3, 0.4) is 0 Å². The number of anilines is 1. The van der Waals surface area contributed by atoms with E-state index in [1.807, 2.05) is 13.8 Å². The molecule has 0 radical (unpaired) electrons. The lowest BCUT2D eigenvalue weighted by molar-refractivity contribution is 0.0356.